The van der Waals surface area contributed by atoms with Crippen molar-refractivity contribution >= 4 is 34.2 Å². The summed E-state index contributed by atoms with van der Waals surface area (Å²) in [5.41, 5.74) is 1.57. The number of hydrogen-bond donors (Lipinski definition) is 0. The van der Waals surface area contributed by atoms with Crippen molar-refractivity contribution in [1.82, 2.24) is 9.97 Å². The van der Waals surface area contributed by atoms with Gasteiger partial charge in [0.1, 0.15) is 11.0 Å². The van der Waals surface area contributed by atoms with Gasteiger partial charge in [0.15, 0.2) is 5.82 Å². The molecule has 5 heteroatoms. The molecule has 2 nitrogen and oxygen atoms in total. The molecule has 16 heavy (non-hydrogen) atoms. The van der Waals surface area contributed by atoms with Crippen molar-refractivity contribution in [3.05, 3.63) is 44.5 Å². The molecular weight excluding hydrogens is 341 g/mol. The van der Waals surface area contributed by atoms with E-state index in [-0.39, 0.29) is 5.82 Å². The molecule has 0 atom stereocenters. The molecule has 0 saturated heterocycles. The summed E-state index contributed by atoms with van der Waals surface area (Å²) in [6.07, 6.45) is 0. The SMILES string of the molecule is Cc1nc(-c2ccc(F)cc2)nc(Cl)c1I. The molecule has 0 spiro atoms. The predicted molar refractivity (Wildman–Crippen MR) is 69.9 cm³/mol. The second-order valence-electron chi connectivity index (χ2n) is 3.24. The summed E-state index contributed by atoms with van der Waals surface area (Å²) in [6.45, 7) is 1.86. The molecule has 0 N–H and O–H groups in total. The highest BCUT2D eigenvalue weighted by atomic mass is 127. The van der Waals surface area contributed by atoms with Gasteiger partial charge < -0.3 is 0 Å². The third-order valence-electron chi connectivity index (χ3n) is 2.08. The largest absolute Gasteiger partial charge is 0.232 e. The molecule has 0 bridgehead atoms. The minimum atomic E-state index is -0.280. The van der Waals surface area contributed by atoms with E-state index >= 15 is 0 Å². The minimum Gasteiger partial charge on any atom is -0.232 e. The van der Waals surface area contributed by atoms with Crippen molar-refractivity contribution in [1.29, 1.82) is 0 Å². The van der Waals surface area contributed by atoms with E-state index in [1.807, 2.05) is 6.92 Å². The van der Waals surface area contributed by atoms with Crippen LogP contribution in [0, 0.1) is 16.3 Å². The van der Waals surface area contributed by atoms with Crippen molar-refractivity contribution in [2.24, 2.45) is 0 Å². The zero-order valence-electron chi connectivity index (χ0n) is 8.34. The van der Waals surface area contributed by atoms with Crippen LogP contribution in [0.1, 0.15) is 5.69 Å². The van der Waals surface area contributed by atoms with Crippen LogP contribution in [0.5, 0.6) is 0 Å². The summed E-state index contributed by atoms with van der Waals surface area (Å²) in [5, 5.41) is 0.424. The summed E-state index contributed by atoms with van der Waals surface area (Å²) < 4.78 is 13.6. The Morgan fingerprint density at radius 2 is 1.81 bits per heavy atom. The molecule has 2 aromatic rings. The second-order valence-corrected chi connectivity index (χ2v) is 4.68. The van der Waals surface area contributed by atoms with Crippen molar-refractivity contribution in [3.8, 4) is 11.4 Å². The standard InChI is InChI=1S/C11H7ClFIN2/c1-6-9(14)10(12)16-11(15-6)7-2-4-8(13)5-3-7/h2-5H,1H3. The smallest absolute Gasteiger partial charge is 0.161 e. The van der Waals surface area contributed by atoms with Crippen LogP contribution in [0.4, 0.5) is 4.39 Å². The molecule has 1 aromatic heterocycles. The predicted octanol–water partition coefficient (Wildman–Crippen LogP) is 3.85. The number of aryl methyl sites for hydroxylation is 1. The van der Waals surface area contributed by atoms with Gasteiger partial charge >= 0.3 is 0 Å². The fraction of sp³-hybridized carbons (Fsp3) is 0.0909. The van der Waals surface area contributed by atoms with Gasteiger partial charge in [0, 0.05) is 5.56 Å². The zero-order chi connectivity index (χ0) is 11.7. The van der Waals surface area contributed by atoms with E-state index in [2.05, 4.69) is 32.6 Å². The highest BCUT2D eigenvalue weighted by molar-refractivity contribution is 14.1. The summed E-state index contributed by atoms with van der Waals surface area (Å²) in [5.74, 6) is 0.236. The lowest BCUT2D eigenvalue weighted by atomic mass is 10.2. The lowest BCUT2D eigenvalue weighted by Crippen LogP contribution is -1.96. The summed E-state index contributed by atoms with van der Waals surface area (Å²) in [4.78, 5) is 8.47. The Hall–Kier alpha value is -0.750. The van der Waals surface area contributed by atoms with E-state index in [1.165, 1.54) is 12.1 Å². The molecule has 0 fully saturated rings. The minimum absolute atomic E-state index is 0.280. The molecule has 1 aromatic carbocycles. The Labute approximate surface area is 111 Å². The average Bonchev–Trinajstić information content (AvgIpc) is 2.26. The van der Waals surface area contributed by atoms with Gasteiger partial charge in [-0.15, -0.1) is 0 Å². The molecule has 0 radical (unpaired) electrons. The Kier molecular flexibility index (Phi) is 3.39. The summed E-state index contributed by atoms with van der Waals surface area (Å²) in [7, 11) is 0. The number of aromatic nitrogens is 2. The second kappa shape index (κ2) is 4.63. The van der Waals surface area contributed by atoms with Crippen LogP contribution in [-0.2, 0) is 0 Å². The van der Waals surface area contributed by atoms with E-state index < -0.39 is 0 Å². The maximum absolute atomic E-state index is 12.8. The van der Waals surface area contributed by atoms with Crippen molar-refractivity contribution in [2.45, 2.75) is 6.92 Å². The summed E-state index contributed by atoms with van der Waals surface area (Å²) in [6, 6.07) is 6.01. The zero-order valence-corrected chi connectivity index (χ0v) is 11.3. The Morgan fingerprint density at radius 3 is 2.38 bits per heavy atom. The van der Waals surface area contributed by atoms with Crippen LogP contribution in [0.15, 0.2) is 24.3 Å². The normalized spacial score (nSPS) is 10.5. The van der Waals surface area contributed by atoms with Crippen molar-refractivity contribution < 1.29 is 4.39 Å². The van der Waals surface area contributed by atoms with Gasteiger partial charge in [-0.3, -0.25) is 0 Å². The van der Waals surface area contributed by atoms with Gasteiger partial charge in [0.2, 0.25) is 0 Å². The Balaban J connectivity index is 2.52. The first-order chi connectivity index (χ1) is 7.58. The first-order valence-electron chi connectivity index (χ1n) is 4.53. The molecule has 0 unspecified atom stereocenters. The first-order valence-corrected chi connectivity index (χ1v) is 5.99. The molecule has 0 aliphatic carbocycles. The highest BCUT2D eigenvalue weighted by Gasteiger charge is 2.08. The third kappa shape index (κ3) is 2.32. The molecule has 2 rings (SSSR count). The van der Waals surface area contributed by atoms with Gasteiger partial charge in [0.05, 0.1) is 9.26 Å². The molecule has 0 aliphatic rings. The topological polar surface area (TPSA) is 25.8 Å². The van der Waals surface area contributed by atoms with Crippen LogP contribution in [0.25, 0.3) is 11.4 Å². The average molecular weight is 349 g/mol. The van der Waals surface area contributed by atoms with Crippen LogP contribution in [-0.4, -0.2) is 9.97 Å². The lowest BCUT2D eigenvalue weighted by Gasteiger charge is -2.04. The van der Waals surface area contributed by atoms with Crippen LogP contribution in [0.3, 0.4) is 0 Å². The maximum Gasteiger partial charge on any atom is 0.161 e. The Bertz CT molecular complexity index is 505. The number of nitrogens with zero attached hydrogens (tertiary/aromatic N) is 2. The van der Waals surface area contributed by atoms with Crippen LogP contribution >= 0.6 is 34.2 Å². The molecular formula is C11H7ClFIN2. The fourth-order valence-electron chi connectivity index (χ4n) is 1.25. The van der Waals surface area contributed by atoms with Gasteiger partial charge in [-0.05, 0) is 53.8 Å². The molecule has 0 saturated carbocycles. The van der Waals surface area contributed by atoms with Crippen molar-refractivity contribution in [3.63, 3.8) is 0 Å². The van der Waals surface area contributed by atoms with E-state index in [0.717, 1.165) is 14.8 Å². The van der Waals surface area contributed by atoms with Gasteiger partial charge in [-0.25, -0.2) is 14.4 Å². The van der Waals surface area contributed by atoms with Gasteiger partial charge in [0.25, 0.3) is 0 Å². The first kappa shape index (κ1) is 11.7. The lowest BCUT2D eigenvalue weighted by molar-refractivity contribution is 0.628. The van der Waals surface area contributed by atoms with Crippen LogP contribution < -0.4 is 0 Å². The van der Waals surface area contributed by atoms with Gasteiger partial charge in [-0.1, -0.05) is 11.6 Å². The van der Waals surface area contributed by atoms with Gasteiger partial charge in [-0.2, -0.15) is 0 Å². The number of halogens is 3. The number of hydrogen-bond acceptors (Lipinski definition) is 2. The highest BCUT2D eigenvalue weighted by Crippen LogP contribution is 2.23. The molecule has 1 heterocycles. The third-order valence-corrected chi connectivity index (χ3v) is 3.96. The fourth-order valence-corrected chi connectivity index (χ4v) is 1.71. The van der Waals surface area contributed by atoms with E-state index in [1.54, 1.807) is 12.1 Å². The van der Waals surface area contributed by atoms with E-state index in [4.69, 9.17) is 11.6 Å². The molecule has 0 aliphatic heterocycles. The van der Waals surface area contributed by atoms with E-state index in [9.17, 15) is 4.39 Å². The monoisotopic (exact) mass is 348 g/mol. The molecule has 82 valence electrons. The number of benzene rings is 1. The maximum atomic E-state index is 12.8. The van der Waals surface area contributed by atoms with Crippen molar-refractivity contribution in [2.75, 3.05) is 0 Å². The molecule has 0 amide bonds. The summed E-state index contributed by atoms with van der Waals surface area (Å²) >= 11 is 8.06. The Morgan fingerprint density at radius 1 is 1.19 bits per heavy atom. The quantitative estimate of drug-likeness (QED) is 0.578. The number of rotatable bonds is 1. The van der Waals surface area contributed by atoms with E-state index in [0.29, 0.717) is 11.0 Å². The van der Waals surface area contributed by atoms with Crippen LogP contribution in [0.2, 0.25) is 5.15 Å².